The minimum absolute atomic E-state index is 0.411. The van der Waals surface area contributed by atoms with Crippen molar-refractivity contribution in [3.8, 4) is 5.75 Å². The molecule has 0 aliphatic carbocycles. The van der Waals surface area contributed by atoms with E-state index >= 15 is 0 Å². The zero-order chi connectivity index (χ0) is 15.0. The van der Waals surface area contributed by atoms with Crippen molar-refractivity contribution < 1.29 is 14.3 Å². The SMILES string of the molecule is C=CCOc1ccc(/C=N\NC(=O)C(=O)NC)cc1Br. The quantitative estimate of drug-likeness (QED) is 0.366. The number of hydrazone groups is 1. The first kappa shape index (κ1) is 15.9. The molecule has 0 aliphatic heterocycles. The van der Waals surface area contributed by atoms with Gasteiger partial charge in [-0.05, 0) is 39.7 Å². The van der Waals surface area contributed by atoms with Gasteiger partial charge in [-0.1, -0.05) is 12.7 Å². The number of carbonyl (C=O) groups is 2. The number of likely N-dealkylation sites (N-methyl/N-ethyl adjacent to an activating group) is 1. The molecular formula is C13H14BrN3O3. The second kappa shape index (κ2) is 8.11. The largest absolute Gasteiger partial charge is 0.488 e. The Labute approximate surface area is 125 Å². The number of nitrogens with one attached hydrogen (secondary N) is 2. The summed E-state index contributed by atoms with van der Waals surface area (Å²) in [5.41, 5.74) is 2.84. The van der Waals surface area contributed by atoms with Gasteiger partial charge in [-0.3, -0.25) is 9.59 Å². The van der Waals surface area contributed by atoms with Gasteiger partial charge in [0, 0.05) is 7.05 Å². The summed E-state index contributed by atoms with van der Waals surface area (Å²) in [6, 6.07) is 5.29. The molecule has 0 radical (unpaired) electrons. The van der Waals surface area contributed by atoms with Gasteiger partial charge < -0.3 is 10.1 Å². The first-order chi connectivity index (χ1) is 9.58. The summed E-state index contributed by atoms with van der Waals surface area (Å²) in [5.74, 6) is -0.901. The van der Waals surface area contributed by atoms with E-state index in [0.717, 1.165) is 10.0 Å². The Balaban J connectivity index is 2.64. The molecule has 2 amide bonds. The molecule has 1 aromatic carbocycles. The van der Waals surface area contributed by atoms with E-state index in [1.807, 2.05) is 0 Å². The van der Waals surface area contributed by atoms with Crippen LogP contribution in [0.15, 0.2) is 40.4 Å². The van der Waals surface area contributed by atoms with E-state index in [2.05, 4.69) is 38.4 Å². The Hall–Kier alpha value is -2.15. The fourth-order valence-electron chi connectivity index (χ4n) is 1.19. The Morgan fingerprint density at radius 3 is 2.80 bits per heavy atom. The van der Waals surface area contributed by atoms with Crippen LogP contribution in [0.3, 0.4) is 0 Å². The predicted molar refractivity (Wildman–Crippen MR) is 79.6 cm³/mol. The van der Waals surface area contributed by atoms with Crippen molar-refractivity contribution in [1.82, 2.24) is 10.7 Å². The van der Waals surface area contributed by atoms with Gasteiger partial charge in [0.15, 0.2) is 0 Å². The molecule has 1 aromatic rings. The number of nitrogens with zero attached hydrogens (tertiary/aromatic N) is 1. The maximum atomic E-state index is 11.1. The number of hydrogen-bond donors (Lipinski definition) is 2. The van der Waals surface area contributed by atoms with Gasteiger partial charge in [0.25, 0.3) is 0 Å². The second-order valence-electron chi connectivity index (χ2n) is 3.57. The highest BCUT2D eigenvalue weighted by Crippen LogP contribution is 2.25. The summed E-state index contributed by atoms with van der Waals surface area (Å²) in [7, 11) is 1.37. The highest BCUT2D eigenvalue weighted by atomic mass is 79.9. The monoisotopic (exact) mass is 339 g/mol. The summed E-state index contributed by atoms with van der Waals surface area (Å²) in [6.45, 7) is 3.98. The number of ether oxygens (including phenoxy) is 1. The highest BCUT2D eigenvalue weighted by Gasteiger charge is 2.08. The van der Waals surface area contributed by atoms with Crippen molar-refractivity contribution in [2.24, 2.45) is 5.10 Å². The topological polar surface area (TPSA) is 79.8 Å². The average molecular weight is 340 g/mol. The standard InChI is InChI=1S/C13H14BrN3O3/c1-3-6-20-11-5-4-9(7-10(11)14)8-16-17-13(19)12(18)15-2/h3-5,7-8H,1,6H2,2H3,(H,15,18)(H,17,19)/b16-8-. The first-order valence-electron chi connectivity index (χ1n) is 5.67. The Morgan fingerprint density at radius 1 is 1.45 bits per heavy atom. The van der Waals surface area contributed by atoms with Crippen molar-refractivity contribution in [3.05, 3.63) is 40.9 Å². The number of halogens is 1. The summed E-state index contributed by atoms with van der Waals surface area (Å²) in [6.07, 6.45) is 3.07. The van der Waals surface area contributed by atoms with Crippen molar-refractivity contribution >= 4 is 34.0 Å². The molecule has 0 saturated carbocycles. The van der Waals surface area contributed by atoms with Crippen LogP contribution in [0, 0.1) is 0 Å². The highest BCUT2D eigenvalue weighted by molar-refractivity contribution is 9.10. The van der Waals surface area contributed by atoms with Crippen LogP contribution in [0.5, 0.6) is 5.75 Å². The zero-order valence-electron chi connectivity index (χ0n) is 10.9. The van der Waals surface area contributed by atoms with Crippen molar-refractivity contribution in [2.75, 3.05) is 13.7 Å². The molecule has 0 aromatic heterocycles. The first-order valence-corrected chi connectivity index (χ1v) is 6.46. The molecule has 1 rings (SSSR count). The van der Waals surface area contributed by atoms with E-state index in [-0.39, 0.29) is 0 Å². The molecule has 0 fully saturated rings. The predicted octanol–water partition coefficient (Wildman–Crippen LogP) is 1.21. The van der Waals surface area contributed by atoms with Gasteiger partial charge in [0.2, 0.25) is 0 Å². The van der Waals surface area contributed by atoms with Crippen LogP contribution in [0.25, 0.3) is 0 Å². The third-order valence-electron chi connectivity index (χ3n) is 2.13. The lowest BCUT2D eigenvalue weighted by Crippen LogP contribution is -2.35. The minimum atomic E-state index is -0.825. The fourth-order valence-corrected chi connectivity index (χ4v) is 1.70. The van der Waals surface area contributed by atoms with Gasteiger partial charge >= 0.3 is 11.8 Å². The van der Waals surface area contributed by atoms with Gasteiger partial charge in [0.1, 0.15) is 12.4 Å². The second-order valence-corrected chi connectivity index (χ2v) is 4.42. The molecule has 0 aliphatic rings. The average Bonchev–Trinajstić information content (AvgIpc) is 2.45. The molecule has 0 saturated heterocycles. The Bertz CT molecular complexity index is 544. The molecule has 7 heteroatoms. The lowest BCUT2D eigenvalue weighted by molar-refractivity contribution is -0.138. The minimum Gasteiger partial charge on any atom is -0.488 e. The summed E-state index contributed by atoms with van der Waals surface area (Å²) < 4.78 is 6.15. The summed E-state index contributed by atoms with van der Waals surface area (Å²) in [4.78, 5) is 22.1. The number of hydrogen-bond acceptors (Lipinski definition) is 4. The lowest BCUT2D eigenvalue weighted by atomic mass is 10.2. The maximum Gasteiger partial charge on any atom is 0.329 e. The van der Waals surface area contributed by atoms with Crippen molar-refractivity contribution in [1.29, 1.82) is 0 Å². The summed E-state index contributed by atoms with van der Waals surface area (Å²) in [5, 5.41) is 5.87. The molecule has 6 nitrogen and oxygen atoms in total. The van der Waals surface area contributed by atoms with Gasteiger partial charge in [-0.2, -0.15) is 5.10 Å². The number of benzene rings is 1. The van der Waals surface area contributed by atoms with E-state index < -0.39 is 11.8 Å². The van der Waals surface area contributed by atoms with Crippen LogP contribution in [-0.4, -0.2) is 31.7 Å². The number of carbonyl (C=O) groups excluding carboxylic acids is 2. The lowest BCUT2D eigenvalue weighted by Gasteiger charge is -2.06. The molecular weight excluding hydrogens is 326 g/mol. The maximum absolute atomic E-state index is 11.1. The third kappa shape index (κ3) is 4.85. The van der Waals surface area contributed by atoms with Crippen LogP contribution in [0.4, 0.5) is 0 Å². The Kier molecular flexibility index (Phi) is 6.45. The number of rotatable bonds is 5. The molecule has 0 unspecified atom stereocenters. The molecule has 20 heavy (non-hydrogen) atoms. The third-order valence-corrected chi connectivity index (χ3v) is 2.75. The molecule has 0 heterocycles. The zero-order valence-corrected chi connectivity index (χ0v) is 12.4. The summed E-state index contributed by atoms with van der Waals surface area (Å²) >= 11 is 3.36. The molecule has 2 N–H and O–H groups in total. The smallest absolute Gasteiger partial charge is 0.329 e. The van der Waals surface area contributed by atoms with Crippen LogP contribution >= 0.6 is 15.9 Å². The Morgan fingerprint density at radius 2 is 2.20 bits per heavy atom. The van der Waals surface area contributed by atoms with E-state index in [1.54, 1.807) is 24.3 Å². The van der Waals surface area contributed by atoms with Crippen molar-refractivity contribution in [3.63, 3.8) is 0 Å². The van der Waals surface area contributed by atoms with Crippen LogP contribution in [0.2, 0.25) is 0 Å². The van der Waals surface area contributed by atoms with Crippen molar-refractivity contribution in [2.45, 2.75) is 0 Å². The van der Waals surface area contributed by atoms with E-state index in [9.17, 15) is 9.59 Å². The van der Waals surface area contributed by atoms with Crippen LogP contribution in [0.1, 0.15) is 5.56 Å². The van der Waals surface area contributed by atoms with E-state index in [4.69, 9.17) is 4.74 Å². The van der Waals surface area contributed by atoms with Crippen LogP contribution < -0.4 is 15.5 Å². The fraction of sp³-hybridized carbons (Fsp3) is 0.154. The van der Waals surface area contributed by atoms with E-state index in [1.165, 1.54) is 13.3 Å². The molecule has 106 valence electrons. The molecule has 0 spiro atoms. The van der Waals surface area contributed by atoms with E-state index in [0.29, 0.717) is 12.4 Å². The van der Waals surface area contributed by atoms with Gasteiger partial charge in [0.05, 0.1) is 10.7 Å². The normalized spacial score (nSPS) is 10.1. The molecule has 0 atom stereocenters. The van der Waals surface area contributed by atoms with Gasteiger partial charge in [-0.25, -0.2) is 5.43 Å². The van der Waals surface area contributed by atoms with Gasteiger partial charge in [-0.15, -0.1) is 0 Å². The number of amides is 2. The molecule has 0 bridgehead atoms. The van der Waals surface area contributed by atoms with Crippen LogP contribution in [-0.2, 0) is 9.59 Å².